The normalized spacial score (nSPS) is 12.7. The molecule has 0 aliphatic rings. The van der Waals surface area contributed by atoms with Gasteiger partial charge in [0.1, 0.15) is 11.4 Å². The minimum atomic E-state index is -5.13. The number of hydrogen-bond donors (Lipinski definition) is 1. The second-order valence-corrected chi connectivity index (χ2v) is 11.2. The van der Waals surface area contributed by atoms with E-state index >= 15 is 0 Å². The summed E-state index contributed by atoms with van der Waals surface area (Å²) in [4.78, 5) is 20.1. The molecule has 0 saturated heterocycles. The third-order valence-corrected chi connectivity index (χ3v) is 5.41. The van der Waals surface area contributed by atoms with Crippen molar-refractivity contribution in [2.75, 3.05) is 17.8 Å². The van der Waals surface area contributed by atoms with Crippen LogP contribution < -0.4 is 5.32 Å². The van der Waals surface area contributed by atoms with Crippen molar-refractivity contribution in [3.8, 4) is 5.82 Å². The maximum atomic E-state index is 14.0. The number of carbonyl (C=O) groups excluding carboxylic acids is 1. The Kier molecular flexibility index (Phi) is 6.26. The Balaban J connectivity index is 1.78. The van der Waals surface area contributed by atoms with E-state index in [9.17, 15) is 35.5 Å². The molecular weight excluding hydrogens is 531 g/mol. The van der Waals surface area contributed by atoms with Crippen molar-refractivity contribution in [2.45, 2.75) is 12.4 Å². The lowest BCUT2D eigenvalue weighted by Gasteiger charge is -2.15. The van der Waals surface area contributed by atoms with Gasteiger partial charge in [0.25, 0.3) is 5.91 Å². The monoisotopic (exact) mass is 547 g/mol. The molecule has 0 spiro atoms. The highest BCUT2D eigenvalue weighted by molar-refractivity contribution is 8.01. The lowest BCUT2D eigenvalue weighted by atomic mass is 10.2. The molecule has 0 aliphatic heterocycles. The average Bonchev–Trinajstić information content (AvgIpc) is 3.41. The van der Waals surface area contributed by atoms with Crippen LogP contribution in [0.2, 0.25) is 0 Å². The molecule has 0 fully saturated rings. The average molecular weight is 547 g/mol. The van der Waals surface area contributed by atoms with Gasteiger partial charge in [-0.1, -0.05) is 5.87 Å². The number of hydrogen-bond acceptors (Lipinski definition) is 5. The molecule has 196 valence electrons. The van der Waals surface area contributed by atoms with E-state index in [2.05, 4.69) is 25.3 Å². The maximum absolute atomic E-state index is 14.0. The fourth-order valence-electron chi connectivity index (χ4n) is 3.34. The van der Waals surface area contributed by atoms with Gasteiger partial charge in [0.2, 0.25) is 0 Å². The van der Waals surface area contributed by atoms with E-state index in [0.29, 0.717) is 16.9 Å². The molecule has 16 heteroatoms. The summed E-state index contributed by atoms with van der Waals surface area (Å²) in [6.45, 7) is 0. The quantitative estimate of drug-likeness (QED) is 0.288. The molecule has 0 atom stereocenters. The fraction of sp³-hybridized carbons (Fsp3) is 0.190. The Bertz CT molecular complexity index is 1640. The molecule has 4 heterocycles. The molecule has 4 rings (SSSR count). The Morgan fingerprint density at radius 2 is 1.78 bits per heavy atom. The first kappa shape index (κ1) is 26.1. The Morgan fingerprint density at radius 3 is 2.41 bits per heavy atom. The molecule has 0 unspecified atom stereocenters. The number of fused-ring (bicyclic) bond motifs is 1. The van der Waals surface area contributed by atoms with Crippen molar-refractivity contribution in [1.29, 1.82) is 0 Å². The number of nitrogens with zero attached hydrogens (tertiary/aromatic N) is 6. The molecule has 0 aliphatic carbocycles. The second kappa shape index (κ2) is 8.86. The van der Waals surface area contributed by atoms with Crippen molar-refractivity contribution in [1.82, 2.24) is 24.1 Å². The summed E-state index contributed by atoms with van der Waals surface area (Å²) < 4.78 is 102. The maximum Gasteiger partial charge on any atom is 0.434 e. The summed E-state index contributed by atoms with van der Waals surface area (Å²) in [7, 11) is -2.04. The van der Waals surface area contributed by atoms with Crippen LogP contribution in [0.3, 0.4) is 0 Å². The number of nitrogens with one attached hydrogen (secondary N) is 1. The Morgan fingerprint density at radius 1 is 1.08 bits per heavy atom. The molecule has 4 aromatic rings. The first-order chi connectivity index (χ1) is 17.1. The predicted octanol–water partition coefficient (Wildman–Crippen LogP) is 5.00. The van der Waals surface area contributed by atoms with Gasteiger partial charge in [0.05, 0.1) is 23.6 Å². The molecule has 0 bridgehead atoms. The summed E-state index contributed by atoms with van der Waals surface area (Å²) in [6, 6.07) is 2.40. The van der Waals surface area contributed by atoms with Gasteiger partial charge in [-0.05, 0) is 30.7 Å². The number of pyridine rings is 2. The van der Waals surface area contributed by atoms with Crippen LogP contribution in [0.5, 0.6) is 0 Å². The number of halogens is 7. The summed E-state index contributed by atoms with van der Waals surface area (Å²) in [5.41, 5.74) is -4.63. The SMILES string of the molecule is C=S(C)(C)=Nc1ncc(NC(=O)c2cnn(-c3ccc(F)c4nccn34)c2C(F)(F)F)cc1C(F)(F)F. The molecule has 0 radical (unpaired) electrons. The summed E-state index contributed by atoms with van der Waals surface area (Å²) >= 11 is 0. The molecule has 8 nitrogen and oxygen atoms in total. The van der Waals surface area contributed by atoms with Crippen LogP contribution in [-0.2, 0) is 21.8 Å². The van der Waals surface area contributed by atoms with Crippen LogP contribution in [0.4, 0.5) is 42.2 Å². The number of amides is 1. The van der Waals surface area contributed by atoms with Crippen LogP contribution in [-0.4, -0.2) is 48.4 Å². The Labute approximate surface area is 204 Å². The molecule has 1 amide bonds. The standard InChI is InChI=1S/C21H16F7N7OS/c1-37(2,3)33-17-13(20(23,24)25)8-11(9-30-17)32-19(36)12-10-31-35(16(12)21(26,27)28)15-5-4-14(22)18-29-6-7-34(15)18/h4-10H,1H2,2-3H3,(H,32,36). The topological polar surface area (TPSA) is 89.5 Å². The smallest absolute Gasteiger partial charge is 0.320 e. The van der Waals surface area contributed by atoms with Gasteiger partial charge in [0.15, 0.2) is 23.0 Å². The highest BCUT2D eigenvalue weighted by Crippen LogP contribution is 2.38. The lowest BCUT2D eigenvalue weighted by Crippen LogP contribution is -2.22. The van der Waals surface area contributed by atoms with Gasteiger partial charge in [-0.25, -0.2) is 23.4 Å². The van der Waals surface area contributed by atoms with E-state index in [1.165, 1.54) is 18.7 Å². The van der Waals surface area contributed by atoms with E-state index in [0.717, 1.165) is 28.9 Å². The van der Waals surface area contributed by atoms with Crippen LogP contribution in [0.15, 0.2) is 47.3 Å². The second-order valence-electron chi connectivity index (χ2n) is 8.09. The van der Waals surface area contributed by atoms with Crippen LogP contribution in [0, 0.1) is 5.82 Å². The number of anilines is 1. The van der Waals surface area contributed by atoms with E-state index in [1.54, 1.807) is 0 Å². The first-order valence-corrected chi connectivity index (χ1v) is 12.6. The van der Waals surface area contributed by atoms with Crippen molar-refractivity contribution in [2.24, 2.45) is 4.36 Å². The lowest BCUT2D eigenvalue weighted by molar-refractivity contribution is -0.143. The molecule has 37 heavy (non-hydrogen) atoms. The van der Waals surface area contributed by atoms with E-state index in [-0.39, 0.29) is 11.5 Å². The van der Waals surface area contributed by atoms with E-state index in [4.69, 9.17) is 0 Å². The summed E-state index contributed by atoms with van der Waals surface area (Å²) in [5, 5.41) is 5.63. The van der Waals surface area contributed by atoms with Gasteiger partial charge < -0.3 is 5.32 Å². The molecule has 1 N–H and O–H groups in total. The number of carbonyl (C=O) groups is 1. The fourth-order valence-corrected chi connectivity index (χ4v) is 3.95. The van der Waals surface area contributed by atoms with Gasteiger partial charge in [-0.2, -0.15) is 31.4 Å². The number of alkyl halides is 6. The van der Waals surface area contributed by atoms with Crippen molar-refractivity contribution < 1.29 is 35.5 Å². The van der Waals surface area contributed by atoms with Gasteiger partial charge >= 0.3 is 12.4 Å². The molecule has 0 aromatic carbocycles. The minimum absolute atomic E-state index is 0.282. The molecule has 4 aromatic heterocycles. The third kappa shape index (κ3) is 5.28. The van der Waals surface area contributed by atoms with Gasteiger partial charge in [0, 0.05) is 12.4 Å². The Hall–Kier alpha value is -3.95. The number of aromatic nitrogens is 5. The largest absolute Gasteiger partial charge is 0.434 e. The highest BCUT2D eigenvalue weighted by Gasteiger charge is 2.41. The van der Waals surface area contributed by atoms with Crippen molar-refractivity contribution in [3.05, 3.63) is 65.6 Å². The number of imidazole rings is 1. The first-order valence-electron chi connectivity index (χ1n) is 10.0. The molecular formula is C21H16F7N7OS. The summed E-state index contributed by atoms with van der Waals surface area (Å²) in [6.07, 6.45) is -3.21. The summed E-state index contributed by atoms with van der Waals surface area (Å²) in [5.74, 6) is 0.524. The van der Waals surface area contributed by atoms with Crippen LogP contribution in [0.1, 0.15) is 21.6 Å². The van der Waals surface area contributed by atoms with E-state index in [1.807, 2.05) is 5.32 Å². The third-order valence-electron chi connectivity index (χ3n) is 4.74. The van der Waals surface area contributed by atoms with Crippen LogP contribution in [0.25, 0.3) is 11.5 Å². The zero-order chi connectivity index (χ0) is 27.3. The highest BCUT2D eigenvalue weighted by atomic mass is 32.2. The van der Waals surface area contributed by atoms with Crippen molar-refractivity contribution >= 4 is 38.3 Å². The predicted molar refractivity (Wildman–Crippen MR) is 123 cm³/mol. The van der Waals surface area contributed by atoms with Crippen LogP contribution >= 0.6 is 0 Å². The number of rotatable bonds is 4. The van der Waals surface area contributed by atoms with Gasteiger partial charge in [-0.3, -0.25) is 9.20 Å². The zero-order valence-corrected chi connectivity index (χ0v) is 19.7. The van der Waals surface area contributed by atoms with Crippen molar-refractivity contribution in [3.63, 3.8) is 0 Å². The minimum Gasteiger partial charge on any atom is -0.320 e. The van der Waals surface area contributed by atoms with Gasteiger partial charge in [-0.15, -0.1) is 9.41 Å². The molecule has 0 saturated carbocycles. The van der Waals surface area contributed by atoms with E-state index < -0.39 is 61.8 Å². The zero-order valence-electron chi connectivity index (χ0n) is 18.9.